The molecular weight excluding hydrogens is 582 g/mol. The van der Waals surface area contributed by atoms with Crippen LogP contribution >= 0.6 is 15.9 Å². The highest BCUT2D eigenvalue weighted by molar-refractivity contribution is 9.10. The fraction of sp³-hybridized carbons (Fsp3) is 0.556. The van der Waals surface area contributed by atoms with E-state index < -0.39 is 17.3 Å². The molecule has 2 amide bonds. The van der Waals surface area contributed by atoms with E-state index in [9.17, 15) is 9.59 Å². The standard InChI is InChI=1S/C27H36BrN7O5/c1-26(2,3)40-25(37)35-11-8-18(16-35)31-24-21(28)32-20(22(29)36)23(33-24)30-17-4-6-19(7-5-17)34-12-9-27(10-13-34)38-14-15-39-27/h4-7,18H,8-16H2,1-3H3,(H2,29,36)(H2,30,31,33)/t18-/m1/s1. The summed E-state index contributed by atoms with van der Waals surface area (Å²) in [6.07, 6.45) is 2.03. The van der Waals surface area contributed by atoms with Crippen molar-refractivity contribution in [1.82, 2.24) is 14.9 Å². The number of likely N-dealkylation sites (tertiary alicyclic amines) is 1. The van der Waals surface area contributed by atoms with Gasteiger partial charge in [0.1, 0.15) is 10.2 Å². The Balaban J connectivity index is 1.25. The Labute approximate surface area is 242 Å². The molecule has 1 aromatic carbocycles. The molecule has 13 heteroatoms. The third-order valence-corrected chi connectivity index (χ3v) is 7.65. The summed E-state index contributed by atoms with van der Waals surface area (Å²) in [5, 5.41) is 6.52. The zero-order chi connectivity index (χ0) is 28.5. The Morgan fingerprint density at radius 1 is 1.07 bits per heavy atom. The number of ether oxygens (including phenoxy) is 3. The van der Waals surface area contributed by atoms with E-state index in [2.05, 4.69) is 41.4 Å². The van der Waals surface area contributed by atoms with Gasteiger partial charge in [0.15, 0.2) is 23.1 Å². The lowest BCUT2D eigenvalue weighted by Crippen LogP contribution is -2.45. The fourth-order valence-corrected chi connectivity index (χ4v) is 5.49. The van der Waals surface area contributed by atoms with Crippen LogP contribution < -0.4 is 21.3 Å². The molecule has 0 aliphatic carbocycles. The molecule has 40 heavy (non-hydrogen) atoms. The van der Waals surface area contributed by atoms with E-state index in [4.69, 9.17) is 19.9 Å². The number of carbonyl (C=O) groups is 2. The predicted octanol–water partition coefficient (Wildman–Crippen LogP) is 3.85. The number of hydrogen-bond donors (Lipinski definition) is 3. The summed E-state index contributed by atoms with van der Waals surface area (Å²) in [4.78, 5) is 37.6. The van der Waals surface area contributed by atoms with Gasteiger partial charge in [0.25, 0.3) is 5.91 Å². The third kappa shape index (κ3) is 6.58. The maximum Gasteiger partial charge on any atom is 0.410 e. The van der Waals surface area contributed by atoms with Crippen LogP contribution in [0, 0.1) is 0 Å². The maximum absolute atomic E-state index is 12.4. The molecule has 5 rings (SSSR count). The van der Waals surface area contributed by atoms with Crippen LogP contribution in [0.4, 0.5) is 27.8 Å². The van der Waals surface area contributed by atoms with Gasteiger partial charge in [-0.2, -0.15) is 0 Å². The largest absolute Gasteiger partial charge is 0.444 e. The van der Waals surface area contributed by atoms with E-state index in [1.807, 2.05) is 45.0 Å². The average Bonchev–Trinajstić information content (AvgIpc) is 3.56. The van der Waals surface area contributed by atoms with Gasteiger partial charge in [0, 0.05) is 56.4 Å². The fourth-order valence-electron chi connectivity index (χ4n) is 5.11. The number of nitrogens with two attached hydrogens (primary N) is 1. The van der Waals surface area contributed by atoms with Gasteiger partial charge in [-0.3, -0.25) is 4.79 Å². The number of amides is 2. The molecule has 2 aromatic rings. The van der Waals surface area contributed by atoms with Crippen LogP contribution in [0.25, 0.3) is 0 Å². The Hall–Kier alpha value is -3.16. The van der Waals surface area contributed by atoms with Gasteiger partial charge < -0.3 is 40.4 Å². The number of halogens is 1. The molecule has 3 saturated heterocycles. The number of benzene rings is 1. The molecule has 3 aliphatic heterocycles. The predicted molar refractivity (Wildman–Crippen MR) is 154 cm³/mol. The molecule has 1 aromatic heterocycles. The highest BCUT2D eigenvalue weighted by Crippen LogP contribution is 2.34. The van der Waals surface area contributed by atoms with Crippen LogP contribution in [-0.2, 0) is 14.2 Å². The minimum absolute atomic E-state index is 0.0150. The van der Waals surface area contributed by atoms with Crippen molar-refractivity contribution in [3.05, 3.63) is 34.6 Å². The number of nitrogens with one attached hydrogen (secondary N) is 2. The lowest BCUT2D eigenvalue weighted by molar-refractivity contribution is -0.169. The summed E-state index contributed by atoms with van der Waals surface area (Å²) in [6, 6.07) is 7.85. The quantitative estimate of drug-likeness (QED) is 0.437. The van der Waals surface area contributed by atoms with Crippen LogP contribution in [0.1, 0.15) is 50.5 Å². The number of aromatic nitrogens is 2. The molecule has 1 atom stereocenters. The zero-order valence-corrected chi connectivity index (χ0v) is 24.6. The van der Waals surface area contributed by atoms with E-state index in [1.54, 1.807) is 4.90 Å². The van der Waals surface area contributed by atoms with Crippen molar-refractivity contribution in [2.75, 3.05) is 54.9 Å². The highest BCUT2D eigenvalue weighted by atomic mass is 79.9. The van der Waals surface area contributed by atoms with Crippen LogP contribution in [0.15, 0.2) is 28.9 Å². The lowest BCUT2D eigenvalue weighted by atomic mass is 10.0. The summed E-state index contributed by atoms with van der Waals surface area (Å²) >= 11 is 3.40. The monoisotopic (exact) mass is 617 g/mol. The minimum atomic E-state index is -0.700. The molecule has 12 nitrogen and oxygen atoms in total. The second kappa shape index (κ2) is 11.4. The number of anilines is 4. The lowest BCUT2D eigenvalue weighted by Gasteiger charge is -2.38. The van der Waals surface area contributed by atoms with E-state index in [0.717, 1.165) is 37.3 Å². The van der Waals surface area contributed by atoms with Gasteiger partial charge in [-0.25, -0.2) is 14.8 Å². The summed E-state index contributed by atoms with van der Waals surface area (Å²) in [6.45, 7) is 9.56. The third-order valence-electron chi connectivity index (χ3n) is 7.10. The normalized spacial score (nSPS) is 20.6. The second-order valence-electron chi connectivity index (χ2n) is 11.2. The molecule has 1 spiro atoms. The Morgan fingerprint density at radius 2 is 1.75 bits per heavy atom. The Morgan fingerprint density at radius 3 is 2.38 bits per heavy atom. The molecule has 0 saturated carbocycles. The van der Waals surface area contributed by atoms with Crippen LogP contribution in [0.3, 0.4) is 0 Å². The number of primary amides is 1. The van der Waals surface area contributed by atoms with Crippen molar-refractivity contribution in [3.63, 3.8) is 0 Å². The van der Waals surface area contributed by atoms with Gasteiger partial charge in [0.2, 0.25) is 0 Å². The molecule has 4 heterocycles. The number of hydrogen-bond acceptors (Lipinski definition) is 10. The van der Waals surface area contributed by atoms with Crippen molar-refractivity contribution in [1.29, 1.82) is 0 Å². The minimum Gasteiger partial charge on any atom is -0.444 e. The van der Waals surface area contributed by atoms with E-state index in [-0.39, 0.29) is 23.6 Å². The average molecular weight is 619 g/mol. The van der Waals surface area contributed by atoms with Crippen molar-refractivity contribution >= 4 is 50.9 Å². The molecule has 0 unspecified atom stereocenters. The number of rotatable bonds is 6. The van der Waals surface area contributed by atoms with Gasteiger partial charge in [-0.15, -0.1) is 0 Å². The van der Waals surface area contributed by atoms with Crippen molar-refractivity contribution in [3.8, 4) is 0 Å². The topological polar surface area (TPSA) is 144 Å². The molecular formula is C27H36BrN7O5. The van der Waals surface area contributed by atoms with Crippen molar-refractivity contribution in [2.45, 2.75) is 57.5 Å². The number of nitrogens with zero attached hydrogens (tertiary/aromatic N) is 4. The molecule has 0 bridgehead atoms. The summed E-state index contributed by atoms with van der Waals surface area (Å²) in [5.74, 6) is -0.432. The second-order valence-corrected chi connectivity index (χ2v) is 12.0. The SMILES string of the molecule is CC(C)(C)OC(=O)N1CC[C@@H](Nc2nc(Nc3ccc(N4CCC5(CC4)OCCO5)cc3)c(C(N)=O)nc2Br)C1. The first-order valence-corrected chi connectivity index (χ1v) is 14.3. The first-order valence-electron chi connectivity index (χ1n) is 13.5. The molecule has 3 aliphatic rings. The van der Waals surface area contributed by atoms with E-state index in [0.29, 0.717) is 43.1 Å². The first-order chi connectivity index (χ1) is 19.0. The van der Waals surface area contributed by atoms with Crippen molar-refractivity contribution in [2.24, 2.45) is 5.73 Å². The zero-order valence-electron chi connectivity index (χ0n) is 23.0. The summed E-state index contributed by atoms with van der Waals surface area (Å²) in [7, 11) is 0. The van der Waals surface area contributed by atoms with E-state index >= 15 is 0 Å². The smallest absolute Gasteiger partial charge is 0.410 e. The molecule has 0 radical (unpaired) electrons. The first kappa shape index (κ1) is 28.4. The number of carbonyl (C=O) groups excluding carboxylic acids is 2. The maximum atomic E-state index is 12.4. The van der Waals surface area contributed by atoms with Gasteiger partial charge in [-0.1, -0.05) is 0 Å². The Kier molecular flexibility index (Phi) is 8.07. The van der Waals surface area contributed by atoms with Crippen LogP contribution in [0.5, 0.6) is 0 Å². The molecule has 4 N–H and O–H groups in total. The number of piperidine rings is 1. The summed E-state index contributed by atoms with van der Waals surface area (Å²) < 4.78 is 17.5. The highest BCUT2D eigenvalue weighted by Gasteiger charge is 2.39. The van der Waals surface area contributed by atoms with Crippen LogP contribution in [0.2, 0.25) is 0 Å². The summed E-state index contributed by atoms with van der Waals surface area (Å²) in [5.41, 5.74) is 6.90. The van der Waals surface area contributed by atoms with Crippen molar-refractivity contribution < 1.29 is 23.8 Å². The Bertz CT molecular complexity index is 1240. The molecule has 216 valence electrons. The van der Waals surface area contributed by atoms with Gasteiger partial charge >= 0.3 is 6.09 Å². The van der Waals surface area contributed by atoms with E-state index in [1.165, 1.54) is 0 Å². The van der Waals surface area contributed by atoms with Gasteiger partial charge in [-0.05, 0) is 67.4 Å². The molecule has 3 fully saturated rings. The van der Waals surface area contributed by atoms with Crippen LogP contribution in [-0.4, -0.2) is 83.7 Å². The van der Waals surface area contributed by atoms with Gasteiger partial charge in [0.05, 0.1) is 13.2 Å².